The van der Waals surface area contributed by atoms with Gasteiger partial charge in [-0.2, -0.15) is 5.26 Å². The summed E-state index contributed by atoms with van der Waals surface area (Å²) >= 11 is 0. The van der Waals surface area contributed by atoms with E-state index in [9.17, 15) is 0 Å². The Labute approximate surface area is 103 Å². The van der Waals surface area contributed by atoms with Gasteiger partial charge in [-0.3, -0.25) is 0 Å². The van der Waals surface area contributed by atoms with Gasteiger partial charge in [-0.1, -0.05) is 25.1 Å². The molecule has 90 valence electrons. The Kier molecular flexibility index (Phi) is 4.00. The van der Waals surface area contributed by atoms with E-state index < -0.39 is 0 Å². The zero-order valence-corrected chi connectivity index (χ0v) is 10.3. The molecule has 2 rings (SSSR count). The molecular formula is C14H19N3. The van der Waals surface area contributed by atoms with Crippen LogP contribution in [-0.2, 0) is 6.42 Å². The molecule has 3 heteroatoms. The summed E-state index contributed by atoms with van der Waals surface area (Å²) in [5.41, 5.74) is 2.71. The molecule has 0 saturated carbocycles. The molecule has 0 amide bonds. The van der Waals surface area contributed by atoms with Crippen molar-refractivity contribution in [3.8, 4) is 6.07 Å². The van der Waals surface area contributed by atoms with Crippen LogP contribution < -0.4 is 10.2 Å². The monoisotopic (exact) mass is 229 g/mol. The predicted molar refractivity (Wildman–Crippen MR) is 70.1 cm³/mol. The molecule has 0 bridgehead atoms. The van der Waals surface area contributed by atoms with Gasteiger partial charge in [0.15, 0.2) is 0 Å². The number of aryl methyl sites for hydroxylation is 1. The number of para-hydroxylation sites is 1. The van der Waals surface area contributed by atoms with Crippen molar-refractivity contribution < 1.29 is 0 Å². The highest BCUT2D eigenvalue weighted by molar-refractivity contribution is 5.55. The first-order valence-corrected chi connectivity index (χ1v) is 6.31. The number of nitriles is 1. The Balaban J connectivity index is 2.11. The molecule has 1 N–H and O–H groups in total. The lowest BCUT2D eigenvalue weighted by molar-refractivity contribution is 0.583. The van der Waals surface area contributed by atoms with Crippen molar-refractivity contribution in [3.63, 3.8) is 0 Å². The predicted octanol–water partition coefficient (Wildman–Crippen LogP) is 1.94. The second kappa shape index (κ2) is 5.70. The molecule has 1 heterocycles. The molecule has 1 aromatic rings. The number of nitrogens with one attached hydrogen (secondary N) is 1. The van der Waals surface area contributed by atoms with Gasteiger partial charge in [0.2, 0.25) is 0 Å². The molecule has 1 aliphatic rings. The molecule has 0 aromatic heterocycles. The van der Waals surface area contributed by atoms with E-state index in [1.54, 1.807) is 0 Å². The van der Waals surface area contributed by atoms with E-state index >= 15 is 0 Å². The Bertz CT molecular complexity index is 408. The lowest BCUT2D eigenvalue weighted by atomic mass is 10.0. The number of fused-ring (bicyclic) bond motifs is 1. The molecule has 0 spiro atoms. The Morgan fingerprint density at radius 1 is 1.47 bits per heavy atom. The van der Waals surface area contributed by atoms with E-state index in [1.165, 1.54) is 17.7 Å². The van der Waals surface area contributed by atoms with E-state index in [0.29, 0.717) is 0 Å². The largest absolute Gasteiger partial charge is 0.369 e. The molecule has 3 nitrogen and oxygen atoms in total. The van der Waals surface area contributed by atoms with Gasteiger partial charge >= 0.3 is 0 Å². The number of benzene rings is 1. The van der Waals surface area contributed by atoms with Crippen molar-refractivity contribution in [3.05, 3.63) is 29.8 Å². The smallest absolute Gasteiger partial charge is 0.113 e. The third-order valence-corrected chi connectivity index (χ3v) is 3.22. The highest BCUT2D eigenvalue weighted by Gasteiger charge is 2.19. The number of hydrogen-bond acceptors (Lipinski definition) is 3. The Morgan fingerprint density at radius 2 is 2.29 bits per heavy atom. The zero-order valence-electron chi connectivity index (χ0n) is 10.3. The van der Waals surface area contributed by atoms with Gasteiger partial charge in [0.05, 0.1) is 6.07 Å². The van der Waals surface area contributed by atoms with Gasteiger partial charge in [-0.15, -0.1) is 0 Å². The zero-order chi connectivity index (χ0) is 12.1. The minimum absolute atomic E-state index is 0.0776. The van der Waals surface area contributed by atoms with Crippen LogP contribution in [0.5, 0.6) is 0 Å². The second-order valence-electron chi connectivity index (χ2n) is 4.42. The first kappa shape index (κ1) is 11.9. The van der Waals surface area contributed by atoms with Crippen molar-refractivity contribution in [2.24, 2.45) is 0 Å². The van der Waals surface area contributed by atoms with Crippen LogP contribution in [0.2, 0.25) is 0 Å². The van der Waals surface area contributed by atoms with Crippen molar-refractivity contribution in [2.75, 3.05) is 24.5 Å². The van der Waals surface area contributed by atoms with Crippen molar-refractivity contribution in [1.29, 1.82) is 5.26 Å². The van der Waals surface area contributed by atoms with Crippen LogP contribution >= 0.6 is 0 Å². The normalized spacial score (nSPS) is 16.1. The van der Waals surface area contributed by atoms with Crippen LogP contribution in [0.25, 0.3) is 0 Å². The maximum atomic E-state index is 9.10. The van der Waals surface area contributed by atoms with Gasteiger partial charge in [0, 0.05) is 18.8 Å². The standard InChI is InChI=1S/C14H19N3/c1-2-16-13(10-15)11-17-9-5-7-12-6-3-4-8-14(12)17/h3-4,6,8,13,16H,2,5,7,9,11H2,1H3. The van der Waals surface area contributed by atoms with Crippen LogP contribution in [-0.4, -0.2) is 25.7 Å². The number of anilines is 1. The lowest BCUT2D eigenvalue weighted by Crippen LogP contribution is -2.42. The Hall–Kier alpha value is -1.53. The van der Waals surface area contributed by atoms with Crippen LogP contribution in [0.15, 0.2) is 24.3 Å². The van der Waals surface area contributed by atoms with Crippen LogP contribution in [0.4, 0.5) is 5.69 Å². The molecule has 17 heavy (non-hydrogen) atoms. The molecule has 0 fully saturated rings. The van der Waals surface area contributed by atoms with E-state index in [0.717, 1.165) is 26.1 Å². The summed E-state index contributed by atoms with van der Waals surface area (Å²) in [6.07, 6.45) is 2.34. The number of likely N-dealkylation sites (N-methyl/N-ethyl adjacent to an activating group) is 1. The summed E-state index contributed by atoms with van der Waals surface area (Å²) in [5.74, 6) is 0. The van der Waals surface area contributed by atoms with E-state index in [-0.39, 0.29) is 6.04 Å². The lowest BCUT2D eigenvalue weighted by Gasteiger charge is -2.32. The van der Waals surface area contributed by atoms with Gasteiger partial charge in [0.1, 0.15) is 6.04 Å². The number of hydrogen-bond donors (Lipinski definition) is 1. The van der Waals surface area contributed by atoms with Crippen molar-refractivity contribution in [1.82, 2.24) is 5.32 Å². The second-order valence-corrected chi connectivity index (χ2v) is 4.42. The molecule has 0 aliphatic carbocycles. The Morgan fingerprint density at radius 3 is 3.06 bits per heavy atom. The molecule has 1 aliphatic heterocycles. The highest BCUT2D eigenvalue weighted by atomic mass is 15.2. The van der Waals surface area contributed by atoms with Gasteiger partial charge in [-0.25, -0.2) is 0 Å². The minimum Gasteiger partial charge on any atom is -0.369 e. The van der Waals surface area contributed by atoms with Crippen LogP contribution in [0.1, 0.15) is 18.9 Å². The molecule has 1 unspecified atom stereocenters. The average molecular weight is 229 g/mol. The van der Waals surface area contributed by atoms with Gasteiger partial charge in [0.25, 0.3) is 0 Å². The first-order chi connectivity index (χ1) is 8.35. The fraction of sp³-hybridized carbons (Fsp3) is 0.500. The van der Waals surface area contributed by atoms with E-state index in [2.05, 4.69) is 40.6 Å². The SMILES string of the molecule is CCNC(C#N)CN1CCCc2ccccc21. The average Bonchev–Trinajstić information content (AvgIpc) is 2.38. The maximum Gasteiger partial charge on any atom is 0.113 e. The fourth-order valence-electron chi connectivity index (χ4n) is 2.42. The quantitative estimate of drug-likeness (QED) is 0.857. The van der Waals surface area contributed by atoms with Gasteiger partial charge in [-0.05, 0) is 31.0 Å². The highest BCUT2D eigenvalue weighted by Crippen LogP contribution is 2.26. The molecule has 0 saturated heterocycles. The summed E-state index contributed by atoms with van der Waals surface area (Å²) in [4.78, 5) is 2.33. The third-order valence-electron chi connectivity index (χ3n) is 3.22. The summed E-state index contributed by atoms with van der Waals surface area (Å²) in [6.45, 7) is 4.71. The van der Waals surface area contributed by atoms with Gasteiger partial charge < -0.3 is 10.2 Å². The maximum absolute atomic E-state index is 9.10. The van der Waals surface area contributed by atoms with E-state index in [4.69, 9.17) is 5.26 Å². The van der Waals surface area contributed by atoms with Crippen LogP contribution in [0, 0.1) is 11.3 Å². The van der Waals surface area contributed by atoms with Crippen molar-refractivity contribution >= 4 is 5.69 Å². The summed E-state index contributed by atoms with van der Waals surface area (Å²) in [5, 5.41) is 12.3. The molecular weight excluding hydrogens is 210 g/mol. The van der Waals surface area contributed by atoms with Crippen LogP contribution in [0.3, 0.4) is 0 Å². The summed E-state index contributed by atoms with van der Waals surface area (Å²) < 4.78 is 0. The molecule has 1 aromatic carbocycles. The molecule has 1 atom stereocenters. The topological polar surface area (TPSA) is 39.1 Å². The number of nitrogens with zero attached hydrogens (tertiary/aromatic N) is 2. The van der Waals surface area contributed by atoms with E-state index in [1.807, 2.05) is 6.92 Å². The third kappa shape index (κ3) is 2.78. The first-order valence-electron chi connectivity index (χ1n) is 6.31. The fourth-order valence-corrected chi connectivity index (χ4v) is 2.42. The molecule has 0 radical (unpaired) electrons. The summed E-state index contributed by atoms with van der Waals surface area (Å²) in [7, 11) is 0. The van der Waals surface area contributed by atoms with Crippen molar-refractivity contribution in [2.45, 2.75) is 25.8 Å². The minimum atomic E-state index is -0.0776. The number of rotatable bonds is 4. The summed E-state index contributed by atoms with van der Waals surface area (Å²) in [6, 6.07) is 10.8.